The van der Waals surface area contributed by atoms with Crippen molar-refractivity contribution in [1.29, 1.82) is 0 Å². The molecule has 0 aliphatic rings. The molecule has 0 aliphatic carbocycles. The van der Waals surface area contributed by atoms with Crippen molar-refractivity contribution in [3.8, 4) is 5.75 Å². The van der Waals surface area contributed by atoms with Gasteiger partial charge in [-0.25, -0.2) is 0 Å². The molecule has 2 aromatic rings. The van der Waals surface area contributed by atoms with Gasteiger partial charge in [-0.3, -0.25) is 4.79 Å². The third-order valence-electron chi connectivity index (χ3n) is 2.87. The summed E-state index contributed by atoms with van der Waals surface area (Å²) in [4.78, 5) is 11.9. The van der Waals surface area contributed by atoms with E-state index in [9.17, 15) is 9.90 Å². The van der Waals surface area contributed by atoms with Crippen LogP contribution >= 0.6 is 0 Å². The Balaban J connectivity index is 2.05. The van der Waals surface area contributed by atoms with Gasteiger partial charge in [0.15, 0.2) is 0 Å². The summed E-state index contributed by atoms with van der Waals surface area (Å²) in [6, 6.07) is 13.0. The quantitative estimate of drug-likeness (QED) is 0.827. The maximum Gasteiger partial charge on any atom is 0.228 e. The van der Waals surface area contributed by atoms with Gasteiger partial charge in [-0.15, -0.1) is 0 Å². The Hall–Kier alpha value is -2.29. The number of amides is 1. The number of phenolic OH excluding ortho intramolecular Hbond substituents is 1. The first-order valence-corrected chi connectivity index (χ1v) is 6.19. The molecule has 0 aliphatic heterocycles. The Morgan fingerprint density at radius 2 is 1.84 bits per heavy atom. The molecule has 0 saturated carbocycles. The summed E-state index contributed by atoms with van der Waals surface area (Å²) < 4.78 is 0. The highest BCUT2D eigenvalue weighted by Crippen LogP contribution is 2.23. The first kappa shape index (κ1) is 13.1. The average Bonchev–Trinajstić information content (AvgIpc) is 2.33. The highest BCUT2D eigenvalue weighted by molar-refractivity contribution is 5.93. The smallest absolute Gasteiger partial charge is 0.228 e. The fraction of sp³-hybridized carbons (Fsp3) is 0.188. The molecule has 0 fully saturated rings. The van der Waals surface area contributed by atoms with Crippen LogP contribution in [-0.2, 0) is 11.2 Å². The molecule has 3 heteroatoms. The summed E-state index contributed by atoms with van der Waals surface area (Å²) in [6.45, 7) is 3.88. The molecule has 2 rings (SSSR count). The van der Waals surface area contributed by atoms with Crippen LogP contribution in [0, 0.1) is 13.8 Å². The summed E-state index contributed by atoms with van der Waals surface area (Å²) in [5, 5.41) is 12.5. The van der Waals surface area contributed by atoms with Crippen LogP contribution in [0.3, 0.4) is 0 Å². The lowest BCUT2D eigenvalue weighted by atomic mass is 10.1. The standard InChI is InChI=1S/C16H17NO2/c1-11-4-3-5-13(8-11)10-16(19)17-14-7-6-12(2)9-15(14)18/h3-9,18H,10H2,1-2H3,(H,17,19). The SMILES string of the molecule is Cc1cccc(CC(=O)Nc2ccc(C)cc2O)c1. The van der Waals surface area contributed by atoms with Crippen LogP contribution in [0.15, 0.2) is 42.5 Å². The van der Waals surface area contributed by atoms with E-state index in [1.807, 2.05) is 44.2 Å². The van der Waals surface area contributed by atoms with E-state index in [2.05, 4.69) is 5.32 Å². The van der Waals surface area contributed by atoms with Gasteiger partial charge in [-0.2, -0.15) is 0 Å². The number of anilines is 1. The topological polar surface area (TPSA) is 49.3 Å². The van der Waals surface area contributed by atoms with E-state index in [0.717, 1.165) is 16.7 Å². The van der Waals surface area contributed by atoms with Gasteiger partial charge in [-0.05, 0) is 37.1 Å². The second kappa shape index (κ2) is 5.57. The number of carbonyl (C=O) groups is 1. The first-order valence-electron chi connectivity index (χ1n) is 6.19. The Morgan fingerprint density at radius 3 is 2.53 bits per heavy atom. The van der Waals surface area contributed by atoms with Crippen LogP contribution in [0.1, 0.15) is 16.7 Å². The molecule has 0 bridgehead atoms. The Kier molecular flexibility index (Phi) is 3.85. The van der Waals surface area contributed by atoms with Crippen LogP contribution in [0.5, 0.6) is 5.75 Å². The van der Waals surface area contributed by atoms with Crippen molar-refractivity contribution in [3.63, 3.8) is 0 Å². The van der Waals surface area contributed by atoms with Gasteiger partial charge in [0.1, 0.15) is 5.75 Å². The number of benzene rings is 2. The molecule has 2 aromatic carbocycles. The van der Waals surface area contributed by atoms with Gasteiger partial charge in [0, 0.05) is 0 Å². The zero-order valence-corrected chi connectivity index (χ0v) is 11.1. The van der Waals surface area contributed by atoms with Gasteiger partial charge < -0.3 is 10.4 Å². The summed E-state index contributed by atoms with van der Waals surface area (Å²) >= 11 is 0. The maximum absolute atomic E-state index is 11.9. The Labute approximate surface area is 112 Å². The number of nitrogens with one attached hydrogen (secondary N) is 1. The van der Waals surface area contributed by atoms with Gasteiger partial charge in [0.05, 0.1) is 12.1 Å². The summed E-state index contributed by atoms with van der Waals surface area (Å²) in [5.41, 5.74) is 3.49. The molecular weight excluding hydrogens is 238 g/mol. The Bertz CT molecular complexity index is 605. The van der Waals surface area contributed by atoms with Crippen molar-refractivity contribution in [2.75, 3.05) is 5.32 Å². The fourth-order valence-corrected chi connectivity index (χ4v) is 1.95. The van der Waals surface area contributed by atoms with Gasteiger partial charge >= 0.3 is 0 Å². The molecule has 0 radical (unpaired) electrons. The molecule has 0 heterocycles. The lowest BCUT2D eigenvalue weighted by molar-refractivity contribution is -0.115. The van der Waals surface area contributed by atoms with Gasteiger partial charge in [0.25, 0.3) is 0 Å². The molecule has 98 valence electrons. The number of aromatic hydroxyl groups is 1. The summed E-state index contributed by atoms with van der Waals surface area (Å²) in [6.07, 6.45) is 0.301. The second-order valence-electron chi connectivity index (χ2n) is 4.73. The van der Waals surface area contributed by atoms with Gasteiger partial charge in [0.2, 0.25) is 5.91 Å². The predicted molar refractivity (Wildman–Crippen MR) is 76.4 cm³/mol. The first-order chi connectivity index (χ1) is 9.04. The minimum atomic E-state index is -0.134. The summed E-state index contributed by atoms with van der Waals surface area (Å²) in [7, 11) is 0. The molecule has 1 amide bonds. The second-order valence-corrected chi connectivity index (χ2v) is 4.73. The minimum Gasteiger partial charge on any atom is -0.506 e. The largest absolute Gasteiger partial charge is 0.506 e. The van der Waals surface area contributed by atoms with E-state index in [1.165, 1.54) is 0 Å². The van der Waals surface area contributed by atoms with Crippen molar-refractivity contribution in [3.05, 3.63) is 59.2 Å². The van der Waals surface area contributed by atoms with E-state index in [0.29, 0.717) is 12.1 Å². The molecule has 3 nitrogen and oxygen atoms in total. The highest BCUT2D eigenvalue weighted by Gasteiger charge is 2.07. The zero-order valence-electron chi connectivity index (χ0n) is 11.1. The molecule has 0 aromatic heterocycles. The molecule has 2 N–H and O–H groups in total. The van der Waals surface area contributed by atoms with E-state index in [1.54, 1.807) is 12.1 Å². The molecule has 0 unspecified atom stereocenters. The van der Waals surface area contributed by atoms with Crippen molar-refractivity contribution in [2.24, 2.45) is 0 Å². The van der Waals surface area contributed by atoms with E-state index >= 15 is 0 Å². The van der Waals surface area contributed by atoms with Crippen molar-refractivity contribution in [2.45, 2.75) is 20.3 Å². The molecule has 0 saturated heterocycles. The maximum atomic E-state index is 11.9. The third kappa shape index (κ3) is 3.58. The fourth-order valence-electron chi connectivity index (χ4n) is 1.95. The van der Waals surface area contributed by atoms with Crippen LogP contribution < -0.4 is 5.32 Å². The Morgan fingerprint density at radius 1 is 1.11 bits per heavy atom. The number of hydrogen-bond donors (Lipinski definition) is 2. The van der Waals surface area contributed by atoms with E-state index in [-0.39, 0.29) is 11.7 Å². The summed E-state index contributed by atoms with van der Waals surface area (Å²) in [5.74, 6) is -0.0395. The minimum absolute atomic E-state index is 0.0950. The van der Waals surface area contributed by atoms with Crippen molar-refractivity contribution < 1.29 is 9.90 Å². The van der Waals surface area contributed by atoms with Crippen LogP contribution in [-0.4, -0.2) is 11.0 Å². The normalized spacial score (nSPS) is 10.2. The molecular formula is C16H17NO2. The number of rotatable bonds is 3. The van der Waals surface area contributed by atoms with Crippen molar-refractivity contribution >= 4 is 11.6 Å². The van der Waals surface area contributed by atoms with Gasteiger partial charge in [-0.1, -0.05) is 35.9 Å². The van der Waals surface area contributed by atoms with Crippen molar-refractivity contribution in [1.82, 2.24) is 0 Å². The lowest BCUT2D eigenvalue weighted by Gasteiger charge is -2.08. The number of hydrogen-bond acceptors (Lipinski definition) is 2. The predicted octanol–water partition coefficient (Wildman–Crippen LogP) is 3.19. The van der Waals surface area contributed by atoms with Crippen LogP contribution in [0.4, 0.5) is 5.69 Å². The third-order valence-corrected chi connectivity index (χ3v) is 2.87. The zero-order chi connectivity index (χ0) is 13.8. The highest BCUT2D eigenvalue weighted by atomic mass is 16.3. The number of aryl methyl sites for hydroxylation is 2. The molecule has 0 spiro atoms. The number of phenols is 1. The molecule has 0 atom stereocenters. The number of carbonyl (C=O) groups excluding carboxylic acids is 1. The molecule has 19 heavy (non-hydrogen) atoms. The van der Waals surface area contributed by atoms with Crippen LogP contribution in [0.2, 0.25) is 0 Å². The van der Waals surface area contributed by atoms with E-state index in [4.69, 9.17) is 0 Å². The lowest BCUT2D eigenvalue weighted by Crippen LogP contribution is -2.14. The average molecular weight is 255 g/mol. The monoisotopic (exact) mass is 255 g/mol. The van der Waals surface area contributed by atoms with E-state index < -0.39 is 0 Å². The van der Waals surface area contributed by atoms with Crippen LogP contribution in [0.25, 0.3) is 0 Å².